The Bertz CT molecular complexity index is 405. The van der Waals surface area contributed by atoms with E-state index >= 15 is 0 Å². The second kappa shape index (κ2) is 6.32. The van der Waals surface area contributed by atoms with E-state index < -0.39 is 0 Å². The summed E-state index contributed by atoms with van der Waals surface area (Å²) in [5.74, 6) is 0.557. The number of pyridine rings is 1. The lowest BCUT2D eigenvalue weighted by atomic mass is 9.86. The van der Waals surface area contributed by atoms with E-state index in [1.165, 1.54) is 19.3 Å². The Morgan fingerprint density at radius 2 is 2.22 bits per heavy atom. The fourth-order valence-electron chi connectivity index (χ4n) is 2.44. The lowest BCUT2D eigenvalue weighted by Crippen LogP contribution is -2.42. The topological polar surface area (TPSA) is 42.0 Å². The van der Waals surface area contributed by atoms with Crippen molar-refractivity contribution in [1.82, 2.24) is 10.3 Å². The number of nitrogens with zero attached hydrogens (tertiary/aromatic N) is 1. The van der Waals surface area contributed by atoms with Gasteiger partial charge in [0.05, 0.1) is 5.56 Å². The Morgan fingerprint density at radius 1 is 1.44 bits per heavy atom. The van der Waals surface area contributed by atoms with Gasteiger partial charge < -0.3 is 5.32 Å². The van der Waals surface area contributed by atoms with Gasteiger partial charge in [-0.05, 0) is 37.8 Å². The number of carbonyl (C=O) groups excluding carboxylic acids is 1. The highest BCUT2D eigenvalue weighted by Gasteiger charge is 2.25. The number of alkyl halides is 1. The van der Waals surface area contributed by atoms with Crippen LogP contribution in [0.2, 0.25) is 0 Å². The third-order valence-electron chi connectivity index (χ3n) is 3.60. The first-order chi connectivity index (χ1) is 8.70. The molecule has 1 fully saturated rings. The molecule has 0 radical (unpaired) electrons. The Balaban J connectivity index is 1.99. The fraction of sp³-hybridized carbons (Fsp3) is 0.571. The Hall–Kier alpha value is -0.900. The molecular formula is C14H19BrN2O. The molecule has 2 atom stereocenters. The molecule has 1 amide bonds. The molecule has 1 aromatic rings. The van der Waals surface area contributed by atoms with Crippen LogP contribution >= 0.6 is 15.9 Å². The van der Waals surface area contributed by atoms with E-state index in [2.05, 4.69) is 26.2 Å². The van der Waals surface area contributed by atoms with Crippen LogP contribution in [0.1, 0.15) is 41.7 Å². The Labute approximate surface area is 117 Å². The average Bonchev–Trinajstić information content (AvgIpc) is 2.40. The summed E-state index contributed by atoms with van der Waals surface area (Å²) in [4.78, 5) is 16.3. The molecule has 1 N–H and O–H groups in total. The van der Waals surface area contributed by atoms with Crippen molar-refractivity contribution in [2.45, 2.75) is 38.6 Å². The van der Waals surface area contributed by atoms with Crippen molar-refractivity contribution in [1.29, 1.82) is 0 Å². The maximum absolute atomic E-state index is 12.1. The molecule has 0 aliphatic heterocycles. The van der Waals surface area contributed by atoms with Crippen molar-refractivity contribution in [3.63, 3.8) is 0 Å². The summed E-state index contributed by atoms with van der Waals surface area (Å²) in [7, 11) is 0. The van der Waals surface area contributed by atoms with Crippen molar-refractivity contribution in [2.75, 3.05) is 5.33 Å². The summed E-state index contributed by atoms with van der Waals surface area (Å²) in [6.07, 6.45) is 6.41. The molecule has 0 spiro atoms. The van der Waals surface area contributed by atoms with Crippen LogP contribution in [0.3, 0.4) is 0 Å². The standard InChI is InChI=1S/C14H19BrN2O/c1-10-6-7-12(9-16-10)14(18)17-13-5-3-2-4-11(13)8-15/h6-7,9,11,13H,2-5,8H2,1H3,(H,17,18). The zero-order chi connectivity index (χ0) is 13.0. The van der Waals surface area contributed by atoms with E-state index in [-0.39, 0.29) is 5.91 Å². The van der Waals surface area contributed by atoms with Crippen LogP contribution in [-0.4, -0.2) is 22.3 Å². The number of aryl methyl sites for hydroxylation is 1. The van der Waals surface area contributed by atoms with Crippen LogP contribution in [0.4, 0.5) is 0 Å². The summed E-state index contributed by atoms with van der Waals surface area (Å²) >= 11 is 3.54. The SMILES string of the molecule is Cc1ccc(C(=O)NC2CCCCC2CBr)cn1. The summed E-state index contributed by atoms with van der Waals surface area (Å²) in [5.41, 5.74) is 1.59. The van der Waals surface area contributed by atoms with Gasteiger partial charge >= 0.3 is 0 Å². The number of amides is 1. The van der Waals surface area contributed by atoms with Crippen LogP contribution in [0.25, 0.3) is 0 Å². The van der Waals surface area contributed by atoms with Gasteiger partial charge in [0, 0.05) is 23.3 Å². The maximum atomic E-state index is 12.1. The van der Waals surface area contributed by atoms with E-state index in [9.17, 15) is 4.79 Å². The van der Waals surface area contributed by atoms with Crippen molar-refractivity contribution >= 4 is 21.8 Å². The first-order valence-electron chi connectivity index (χ1n) is 6.50. The molecule has 18 heavy (non-hydrogen) atoms. The third kappa shape index (κ3) is 3.31. The monoisotopic (exact) mass is 310 g/mol. The highest BCUT2D eigenvalue weighted by Crippen LogP contribution is 2.26. The zero-order valence-corrected chi connectivity index (χ0v) is 12.2. The fourth-order valence-corrected chi connectivity index (χ4v) is 3.21. The third-order valence-corrected chi connectivity index (χ3v) is 4.43. The molecule has 1 saturated carbocycles. The molecule has 2 unspecified atom stereocenters. The van der Waals surface area contributed by atoms with Gasteiger partial charge in [-0.3, -0.25) is 9.78 Å². The molecule has 1 aliphatic carbocycles. The number of rotatable bonds is 3. The van der Waals surface area contributed by atoms with Gasteiger partial charge in [0.2, 0.25) is 0 Å². The molecule has 0 bridgehead atoms. The van der Waals surface area contributed by atoms with Gasteiger partial charge in [0.15, 0.2) is 0 Å². The summed E-state index contributed by atoms with van der Waals surface area (Å²) in [6.45, 7) is 1.92. The minimum absolute atomic E-state index is 0.000324. The van der Waals surface area contributed by atoms with Crippen LogP contribution in [-0.2, 0) is 0 Å². The molecule has 2 rings (SSSR count). The van der Waals surface area contributed by atoms with Crippen LogP contribution < -0.4 is 5.32 Å². The molecule has 4 heteroatoms. The molecule has 98 valence electrons. The Kier molecular flexibility index (Phi) is 4.75. The van der Waals surface area contributed by atoms with Crippen LogP contribution in [0.15, 0.2) is 18.3 Å². The number of hydrogen-bond donors (Lipinski definition) is 1. The van der Waals surface area contributed by atoms with E-state index in [0.29, 0.717) is 17.5 Å². The summed E-state index contributed by atoms with van der Waals surface area (Å²) in [6, 6.07) is 4.01. The van der Waals surface area contributed by atoms with Crippen molar-refractivity contribution in [3.05, 3.63) is 29.6 Å². The van der Waals surface area contributed by atoms with Gasteiger partial charge in [0.25, 0.3) is 5.91 Å². The van der Waals surface area contributed by atoms with E-state index in [1.54, 1.807) is 6.20 Å². The minimum atomic E-state index is 0.000324. The minimum Gasteiger partial charge on any atom is -0.349 e. The number of carbonyl (C=O) groups is 1. The predicted molar refractivity (Wildman–Crippen MR) is 76.0 cm³/mol. The first-order valence-corrected chi connectivity index (χ1v) is 7.62. The molecule has 0 aromatic carbocycles. The number of halogens is 1. The average molecular weight is 311 g/mol. The second-order valence-corrected chi connectivity index (χ2v) is 5.61. The highest BCUT2D eigenvalue weighted by molar-refractivity contribution is 9.09. The van der Waals surface area contributed by atoms with Crippen LogP contribution in [0, 0.1) is 12.8 Å². The zero-order valence-electron chi connectivity index (χ0n) is 10.7. The lowest BCUT2D eigenvalue weighted by Gasteiger charge is -2.30. The van der Waals surface area contributed by atoms with Gasteiger partial charge in [-0.15, -0.1) is 0 Å². The number of nitrogens with one attached hydrogen (secondary N) is 1. The van der Waals surface area contributed by atoms with Crippen molar-refractivity contribution < 1.29 is 4.79 Å². The number of hydrogen-bond acceptors (Lipinski definition) is 2. The molecular weight excluding hydrogens is 292 g/mol. The summed E-state index contributed by atoms with van der Waals surface area (Å²) in [5, 5.41) is 4.11. The van der Waals surface area contributed by atoms with Gasteiger partial charge in [-0.2, -0.15) is 0 Å². The number of aromatic nitrogens is 1. The van der Waals surface area contributed by atoms with Crippen molar-refractivity contribution in [2.24, 2.45) is 5.92 Å². The molecule has 1 aromatic heterocycles. The van der Waals surface area contributed by atoms with Crippen molar-refractivity contribution in [3.8, 4) is 0 Å². The van der Waals surface area contributed by atoms with E-state index in [1.807, 2.05) is 19.1 Å². The highest BCUT2D eigenvalue weighted by atomic mass is 79.9. The van der Waals surface area contributed by atoms with Gasteiger partial charge in [-0.1, -0.05) is 28.8 Å². The molecule has 3 nitrogen and oxygen atoms in total. The van der Waals surface area contributed by atoms with Gasteiger partial charge in [0.1, 0.15) is 0 Å². The van der Waals surface area contributed by atoms with E-state index in [0.717, 1.165) is 17.4 Å². The van der Waals surface area contributed by atoms with E-state index in [4.69, 9.17) is 0 Å². The smallest absolute Gasteiger partial charge is 0.253 e. The first kappa shape index (κ1) is 13.5. The second-order valence-electron chi connectivity index (χ2n) is 4.97. The van der Waals surface area contributed by atoms with Gasteiger partial charge in [-0.25, -0.2) is 0 Å². The largest absolute Gasteiger partial charge is 0.349 e. The lowest BCUT2D eigenvalue weighted by molar-refractivity contribution is 0.0911. The van der Waals surface area contributed by atoms with Crippen LogP contribution in [0.5, 0.6) is 0 Å². The molecule has 1 heterocycles. The quantitative estimate of drug-likeness (QED) is 0.872. The normalized spacial score (nSPS) is 23.7. The Morgan fingerprint density at radius 3 is 2.89 bits per heavy atom. The molecule has 0 saturated heterocycles. The maximum Gasteiger partial charge on any atom is 0.253 e. The molecule has 1 aliphatic rings. The predicted octanol–water partition coefficient (Wildman–Crippen LogP) is 3.07. The summed E-state index contributed by atoms with van der Waals surface area (Å²) < 4.78 is 0.